The van der Waals surface area contributed by atoms with Crippen LogP contribution in [0.5, 0.6) is 0 Å². The van der Waals surface area contributed by atoms with Crippen molar-refractivity contribution >= 4 is 0 Å². The molecule has 0 aromatic carbocycles. The van der Waals surface area contributed by atoms with Gasteiger partial charge < -0.3 is 10.8 Å². The number of rotatable bonds is 5. The first-order valence-electron chi connectivity index (χ1n) is 3.82. The maximum Gasteiger partial charge on any atom is 0.0505 e. The molecule has 0 rings (SSSR count). The molecule has 0 heterocycles. The summed E-state index contributed by atoms with van der Waals surface area (Å²) < 4.78 is 0. The van der Waals surface area contributed by atoms with Crippen LogP contribution in [0.2, 0.25) is 0 Å². The summed E-state index contributed by atoms with van der Waals surface area (Å²) in [5.41, 5.74) is 5.35. The third-order valence-corrected chi connectivity index (χ3v) is 1.40. The predicted octanol–water partition coefficient (Wildman–Crippen LogP) is 0.910. The van der Waals surface area contributed by atoms with Crippen molar-refractivity contribution in [3.8, 4) is 0 Å². The Labute approximate surface area is 62.7 Å². The van der Waals surface area contributed by atoms with Gasteiger partial charge in [-0.15, -0.1) is 0 Å². The zero-order valence-electron chi connectivity index (χ0n) is 6.59. The second kappa shape index (κ2) is 6.78. The number of aliphatic hydroxyl groups excluding tert-OH is 1. The van der Waals surface area contributed by atoms with E-state index in [1.807, 2.05) is 6.08 Å². The summed E-state index contributed by atoms with van der Waals surface area (Å²) in [6.07, 6.45) is 6.30. The molecular formula is C8H17NO. The Morgan fingerprint density at radius 1 is 1.60 bits per heavy atom. The Balaban J connectivity index is 3.40. The minimum Gasteiger partial charge on any atom is -0.396 e. The highest BCUT2D eigenvalue weighted by molar-refractivity contribution is 4.88. The number of hydrogen-bond donors (Lipinski definition) is 2. The fraction of sp³-hybridized carbons (Fsp3) is 0.750. The van der Waals surface area contributed by atoms with E-state index in [-0.39, 0.29) is 12.5 Å². The van der Waals surface area contributed by atoms with Gasteiger partial charge in [0.1, 0.15) is 0 Å². The summed E-state index contributed by atoms with van der Waals surface area (Å²) >= 11 is 0. The van der Waals surface area contributed by atoms with Gasteiger partial charge in [0.05, 0.1) is 6.61 Å². The third-order valence-electron chi connectivity index (χ3n) is 1.40. The molecule has 0 spiro atoms. The number of hydrogen-bond acceptors (Lipinski definition) is 2. The topological polar surface area (TPSA) is 46.2 Å². The Bertz CT molecular complexity index is 87.3. The van der Waals surface area contributed by atoms with Crippen molar-refractivity contribution in [3.63, 3.8) is 0 Å². The van der Waals surface area contributed by atoms with Crippen molar-refractivity contribution in [1.29, 1.82) is 0 Å². The molecule has 0 saturated heterocycles. The fourth-order valence-electron chi connectivity index (χ4n) is 0.669. The van der Waals surface area contributed by atoms with Crippen molar-refractivity contribution in [2.24, 2.45) is 11.7 Å². The molecule has 60 valence electrons. The number of nitrogens with two attached hydrogens (primary N) is 1. The van der Waals surface area contributed by atoms with E-state index in [1.165, 1.54) is 0 Å². The lowest BCUT2D eigenvalue weighted by Gasteiger charge is -2.02. The molecule has 10 heavy (non-hydrogen) atoms. The van der Waals surface area contributed by atoms with Crippen LogP contribution in [0.1, 0.15) is 19.8 Å². The van der Waals surface area contributed by atoms with E-state index >= 15 is 0 Å². The van der Waals surface area contributed by atoms with E-state index < -0.39 is 0 Å². The molecule has 0 aromatic rings. The van der Waals surface area contributed by atoms with E-state index in [0.29, 0.717) is 6.54 Å². The van der Waals surface area contributed by atoms with Gasteiger partial charge in [0.25, 0.3) is 0 Å². The molecule has 0 amide bonds. The minimum absolute atomic E-state index is 0.159. The van der Waals surface area contributed by atoms with Gasteiger partial charge in [-0.05, 0) is 6.42 Å². The van der Waals surface area contributed by atoms with Crippen LogP contribution in [-0.4, -0.2) is 18.3 Å². The van der Waals surface area contributed by atoms with Crippen LogP contribution in [0.3, 0.4) is 0 Å². The molecule has 3 N–H and O–H groups in total. The highest BCUT2D eigenvalue weighted by atomic mass is 16.3. The molecule has 0 fully saturated rings. The van der Waals surface area contributed by atoms with Crippen molar-refractivity contribution in [2.45, 2.75) is 19.8 Å². The van der Waals surface area contributed by atoms with Crippen molar-refractivity contribution in [3.05, 3.63) is 12.2 Å². The van der Waals surface area contributed by atoms with Gasteiger partial charge in [0.2, 0.25) is 0 Å². The van der Waals surface area contributed by atoms with E-state index in [0.717, 1.165) is 12.8 Å². The highest BCUT2D eigenvalue weighted by Crippen LogP contribution is 1.97. The first kappa shape index (κ1) is 9.66. The average molecular weight is 143 g/mol. The molecule has 0 bridgehead atoms. The molecule has 0 saturated carbocycles. The summed E-state index contributed by atoms with van der Waals surface area (Å²) in [4.78, 5) is 0. The Kier molecular flexibility index (Phi) is 6.55. The van der Waals surface area contributed by atoms with Crippen molar-refractivity contribution in [2.75, 3.05) is 13.2 Å². The summed E-state index contributed by atoms with van der Waals surface area (Å²) in [7, 11) is 0. The minimum atomic E-state index is 0.159. The van der Waals surface area contributed by atoms with Gasteiger partial charge in [-0.1, -0.05) is 25.5 Å². The maximum atomic E-state index is 8.69. The van der Waals surface area contributed by atoms with Crippen molar-refractivity contribution < 1.29 is 5.11 Å². The first-order chi connectivity index (χ1) is 4.85. The number of unbranched alkanes of at least 4 members (excludes halogenated alkanes) is 1. The molecule has 0 aliphatic heterocycles. The summed E-state index contributed by atoms with van der Waals surface area (Å²) in [5.74, 6) is 0.159. The summed E-state index contributed by atoms with van der Waals surface area (Å²) in [6.45, 7) is 2.83. The highest BCUT2D eigenvalue weighted by Gasteiger charge is 1.96. The molecule has 0 aliphatic carbocycles. The second-order valence-corrected chi connectivity index (χ2v) is 2.40. The molecule has 0 radical (unpaired) electrons. The summed E-state index contributed by atoms with van der Waals surface area (Å²) in [6, 6.07) is 0. The quantitative estimate of drug-likeness (QED) is 0.562. The van der Waals surface area contributed by atoms with Gasteiger partial charge in [0, 0.05) is 12.5 Å². The van der Waals surface area contributed by atoms with Crippen molar-refractivity contribution in [1.82, 2.24) is 0 Å². The largest absolute Gasteiger partial charge is 0.396 e. The Hall–Kier alpha value is -0.340. The number of allylic oxidation sites excluding steroid dienone is 1. The zero-order valence-corrected chi connectivity index (χ0v) is 6.59. The monoisotopic (exact) mass is 143 g/mol. The molecule has 2 nitrogen and oxygen atoms in total. The number of aliphatic hydroxyl groups is 1. The fourth-order valence-corrected chi connectivity index (χ4v) is 0.669. The van der Waals surface area contributed by atoms with Gasteiger partial charge in [-0.2, -0.15) is 0 Å². The molecular weight excluding hydrogens is 126 g/mol. The smallest absolute Gasteiger partial charge is 0.0505 e. The van der Waals surface area contributed by atoms with Crippen LogP contribution in [0, 0.1) is 5.92 Å². The van der Waals surface area contributed by atoms with E-state index in [9.17, 15) is 0 Å². The average Bonchev–Trinajstić information content (AvgIpc) is 1.99. The normalized spacial score (nSPS) is 14.3. The molecule has 0 aromatic heterocycles. The SMILES string of the molecule is CCC/C=C/C(CN)CO. The maximum absolute atomic E-state index is 8.69. The van der Waals surface area contributed by atoms with Crippen LogP contribution in [0.25, 0.3) is 0 Å². The van der Waals surface area contributed by atoms with Gasteiger partial charge >= 0.3 is 0 Å². The Morgan fingerprint density at radius 2 is 2.30 bits per heavy atom. The lowest BCUT2D eigenvalue weighted by molar-refractivity contribution is 0.256. The van der Waals surface area contributed by atoms with Crippen LogP contribution < -0.4 is 5.73 Å². The predicted molar refractivity (Wildman–Crippen MR) is 43.7 cm³/mol. The van der Waals surface area contributed by atoms with Crippen LogP contribution in [0.15, 0.2) is 12.2 Å². The Morgan fingerprint density at radius 3 is 2.70 bits per heavy atom. The van der Waals surface area contributed by atoms with E-state index in [4.69, 9.17) is 10.8 Å². The summed E-state index contributed by atoms with van der Waals surface area (Å²) in [5, 5.41) is 8.69. The lowest BCUT2D eigenvalue weighted by Crippen LogP contribution is -2.15. The van der Waals surface area contributed by atoms with Gasteiger partial charge in [0.15, 0.2) is 0 Å². The molecule has 2 heteroatoms. The first-order valence-corrected chi connectivity index (χ1v) is 3.82. The van der Waals surface area contributed by atoms with Gasteiger partial charge in [-0.25, -0.2) is 0 Å². The second-order valence-electron chi connectivity index (χ2n) is 2.40. The molecule has 1 atom stereocenters. The van der Waals surface area contributed by atoms with Gasteiger partial charge in [-0.3, -0.25) is 0 Å². The van der Waals surface area contributed by atoms with Crippen LogP contribution in [-0.2, 0) is 0 Å². The van der Waals surface area contributed by atoms with E-state index in [1.54, 1.807) is 0 Å². The lowest BCUT2D eigenvalue weighted by atomic mass is 10.1. The molecule has 0 aliphatic rings. The zero-order chi connectivity index (χ0) is 7.82. The van der Waals surface area contributed by atoms with Crippen LogP contribution in [0.4, 0.5) is 0 Å². The standard InChI is InChI=1S/C8H17NO/c1-2-3-4-5-8(6-9)7-10/h4-5,8,10H,2-3,6-7,9H2,1H3/b5-4+. The molecule has 1 unspecified atom stereocenters. The van der Waals surface area contributed by atoms with E-state index in [2.05, 4.69) is 13.0 Å². The third kappa shape index (κ3) is 4.53. The van der Waals surface area contributed by atoms with Crippen LogP contribution >= 0.6 is 0 Å².